The maximum absolute atomic E-state index is 13.8. The molecule has 1 atom stereocenters. The van der Waals surface area contributed by atoms with E-state index in [9.17, 15) is 14.0 Å². The summed E-state index contributed by atoms with van der Waals surface area (Å²) in [5.41, 5.74) is 0.950. The summed E-state index contributed by atoms with van der Waals surface area (Å²) >= 11 is 0. The number of ether oxygens (including phenoxy) is 2. The van der Waals surface area contributed by atoms with Crippen molar-refractivity contribution in [2.75, 3.05) is 13.7 Å². The normalized spacial score (nSPS) is 11.5. The predicted molar refractivity (Wildman–Crippen MR) is 95.6 cm³/mol. The van der Waals surface area contributed by atoms with Gasteiger partial charge in [-0.05, 0) is 37.5 Å². The molecule has 2 aromatic carbocycles. The minimum Gasteiger partial charge on any atom is -0.497 e. The van der Waals surface area contributed by atoms with Crippen LogP contribution in [0.3, 0.4) is 0 Å². The Hall–Kier alpha value is -2.89. The third-order valence-corrected chi connectivity index (χ3v) is 3.85. The fourth-order valence-electron chi connectivity index (χ4n) is 2.41. The molecule has 2 rings (SSSR count). The lowest BCUT2D eigenvalue weighted by Crippen LogP contribution is -2.36. The van der Waals surface area contributed by atoms with E-state index in [1.165, 1.54) is 24.8 Å². The van der Waals surface area contributed by atoms with Crippen LogP contribution in [0.4, 0.5) is 4.39 Å². The van der Waals surface area contributed by atoms with Crippen molar-refractivity contribution >= 4 is 11.9 Å². The number of halogens is 1. The van der Waals surface area contributed by atoms with Gasteiger partial charge in [-0.3, -0.25) is 4.79 Å². The third-order valence-electron chi connectivity index (χ3n) is 3.85. The smallest absolute Gasteiger partial charge is 0.341 e. The van der Waals surface area contributed by atoms with E-state index in [-0.39, 0.29) is 11.6 Å². The van der Waals surface area contributed by atoms with Crippen LogP contribution < -0.4 is 10.1 Å². The molecule has 1 amide bonds. The summed E-state index contributed by atoms with van der Waals surface area (Å²) in [4.78, 5) is 23.8. The monoisotopic (exact) mass is 359 g/mol. The Morgan fingerprint density at radius 2 is 1.88 bits per heavy atom. The van der Waals surface area contributed by atoms with Gasteiger partial charge in [0.05, 0.1) is 12.7 Å². The van der Waals surface area contributed by atoms with Crippen LogP contribution in [0.1, 0.15) is 29.3 Å². The number of hydrogen-bond acceptors (Lipinski definition) is 4. The SMILES string of the molecule is COc1ccc(C(=O)OCC(=O)N[C@H](C)CCc2ccccc2)c(F)c1. The van der Waals surface area contributed by atoms with Crippen LogP contribution in [0.25, 0.3) is 0 Å². The zero-order valence-electron chi connectivity index (χ0n) is 14.8. The van der Waals surface area contributed by atoms with Gasteiger partial charge in [0, 0.05) is 12.1 Å². The maximum Gasteiger partial charge on any atom is 0.341 e. The molecule has 0 aliphatic carbocycles. The number of carbonyl (C=O) groups is 2. The Morgan fingerprint density at radius 3 is 2.54 bits per heavy atom. The van der Waals surface area contributed by atoms with Gasteiger partial charge in [0.2, 0.25) is 0 Å². The van der Waals surface area contributed by atoms with Crippen LogP contribution in [0.15, 0.2) is 48.5 Å². The number of nitrogens with one attached hydrogen (secondary N) is 1. The van der Waals surface area contributed by atoms with Gasteiger partial charge in [0.1, 0.15) is 11.6 Å². The molecule has 5 nitrogen and oxygen atoms in total. The average Bonchev–Trinajstić information content (AvgIpc) is 2.65. The lowest BCUT2D eigenvalue weighted by Gasteiger charge is -2.14. The summed E-state index contributed by atoms with van der Waals surface area (Å²) in [7, 11) is 1.40. The van der Waals surface area contributed by atoms with E-state index >= 15 is 0 Å². The molecule has 0 spiro atoms. The number of esters is 1. The first-order valence-corrected chi connectivity index (χ1v) is 8.33. The molecular weight excluding hydrogens is 337 g/mol. The molecular formula is C20H22FNO4. The molecule has 2 aromatic rings. The Morgan fingerprint density at radius 1 is 1.15 bits per heavy atom. The fraction of sp³-hybridized carbons (Fsp3) is 0.300. The molecule has 0 aliphatic heterocycles. The zero-order valence-corrected chi connectivity index (χ0v) is 14.8. The zero-order chi connectivity index (χ0) is 18.9. The van der Waals surface area contributed by atoms with Gasteiger partial charge < -0.3 is 14.8 Å². The van der Waals surface area contributed by atoms with Gasteiger partial charge in [-0.1, -0.05) is 30.3 Å². The molecule has 0 radical (unpaired) electrons. The molecule has 6 heteroatoms. The van der Waals surface area contributed by atoms with E-state index in [2.05, 4.69) is 5.32 Å². The lowest BCUT2D eigenvalue weighted by atomic mass is 10.1. The van der Waals surface area contributed by atoms with Crippen molar-refractivity contribution in [2.24, 2.45) is 0 Å². The van der Waals surface area contributed by atoms with Gasteiger partial charge in [-0.25, -0.2) is 9.18 Å². The van der Waals surface area contributed by atoms with E-state index in [4.69, 9.17) is 9.47 Å². The molecule has 0 fully saturated rings. The van der Waals surface area contributed by atoms with E-state index < -0.39 is 24.3 Å². The number of carbonyl (C=O) groups excluding carboxylic acids is 2. The van der Waals surface area contributed by atoms with Crippen LogP contribution in [-0.2, 0) is 16.0 Å². The van der Waals surface area contributed by atoms with Crippen molar-refractivity contribution in [1.29, 1.82) is 0 Å². The maximum atomic E-state index is 13.8. The molecule has 0 aromatic heterocycles. The second-order valence-electron chi connectivity index (χ2n) is 5.91. The summed E-state index contributed by atoms with van der Waals surface area (Å²) in [6.45, 7) is 1.42. The van der Waals surface area contributed by atoms with Crippen LogP contribution >= 0.6 is 0 Å². The minimum atomic E-state index is -0.891. The second kappa shape index (κ2) is 9.56. The molecule has 0 saturated carbocycles. The summed E-state index contributed by atoms with van der Waals surface area (Å²) in [6.07, 6.45) is 1.59. The summed E-state index contributed by atoms with van der Waals surface area (Å²) in [6, 6.07) is 13.7. The highest BCUT2D eigenvalue weighted by atomic mass is 19.1. The van der Waals surface area contributed by atoms with Gasteiger partial charge >= 0.3 is 5.97 Å². The van der Waals surface area contributed by atoms with Crippen LogP contribution in [-0.4, -0.2) is 31.6 Å². The molecule has 1 N–H and O–H groups in total. The highest BCUT2D eigenvalue weighted by Crippen LogP contribution is 2.17. The Kier molecular flexibility index (Phi) is 7.14. The van der Waals surface area contributed by atoms with Crippen molar-refractivity contribution in [2.45, 2.75) is 25.8 Å². The van der Waals surface area contributed by atoms with Crippen molar-refractivity contribution < 1.29 is 23.5 Å². The van der Waals surface area contributed by atoms with Crippen LogP contribution in [0.2, 0.25) is 0 Å². The number of rotatable bonds is 8. The first kappa shape index (κ1) is 19.4. The molecule has 26 heavy (non-hydrogen) atoms. The number of hydrogen-bond donors (Lipinski definition) is 1. The molecule has 0 unspecified atom stereocenters. The molecule has 0 saturated heterocycles. The van der Waals surface area contributed by atoms with E-state index in [0.717, 1.165) is 18.9 Å². The van der Waals surface area contributed by atoms with Crippen molar-refractivity contribution in [1.82, 2.24) is 5.32 Å². The van der Waals surface area contributed by atoms with Crippen molar-refractivity contribution in [3.63, 3.8) is 0 Å². The van der Waals surface area contributed by atoms with Gasteiger partial charge in [0.25, 0.3) is 5.91 Å². The molecule has 0 aliphatic rings. The van der Waals surface area contributed by atoms with Crippen molar-refractivity contribution in [3.8, 4) is 5.75 Å². The van der Waals surface area contributed by atoms with Gasteiger partial charge in [-0.15, -0.1) is 0 Å². The van der Waals surface area contributed by atoms with E-state index in [1.807, 2.05) is 37.3 Å². The molecule has 138 valence electrons. The van der Waals surface area contributed by atoms with Crippen LogP contribution in [0.5, 0.6) is 5.75 Å². The molecule has 0 bridgehead atoms. The van der Waals surface area contributed by atoms with E-state index in [1.54, 1.807) is 0 Å². The number of aryl methyl sites for hydroxylation is 1. The number of amides is 1. The quantitative estimate of drug-likeness (QED) is 0.736. The number of methoxy groups -OCH3 is 1. The Bertz CT molecular complexity index is 749. The topological polar surface area (TPSA) is 64.6 Å². The minimum absolute atomic E-state index is 0.0702. The predicted octanol–water partition coefficient (Wildman–Crippen LogP) is 3.13. The summed E-state index contributed by atoms with van der Waals surface area (Å²) < 4.78 is 23.5. The first-order valence-electron chi connectivity index (χ1n) is 8.33. The number of benzene rings is 2. The second-order valence-corrected chi connectivity index (χ2v) is 5.91. The van der Waals surface area contributed by atoms with Crippen LogP contribution in [0, 0.1) is 5.82 Å². The Balaban J connectivity index is 1.76. The highest BCUT2D eigenvalue weighted by Gasteiger charge is 2.16. The van der Waals surface area contributed by atoms with Gasteiger partial charge in [0.15, 0.2) is 6.61 Å². The standard InChI is InChI=1S/C20H22FNO4/c1-14(8-9-15-6-4-3-5-7-15)22-19(23)13-26-20(24)17-11-10-16(25-2)12-18(17)21/h3-7,10-12,14H,8-9,13H2,1-2H3,(H,22,23)/t14-/m1/s1. The third kappa shape index (κ3) is 5.88. The highest BCUT2D eigenvalue weighted by molar-refractivity contribution is 5.91. The van der Waals surface area contributed by atoms with Crippen molar-refractivity contribution in [3.05, 3.63) is 65.5 Å². The summed E-state index contributed by atoms with van der Waals surface area (Å²) in [5.74, 6) is -1.78. The van der Waals surface area contributed by atoms with E-state index in [0.29, 0.717) is 5.75 Å². The molecule has 0 heterocycles. The Labute approximate surface area is 152 Å². The lowest BCUT2D eigenvalue weighted by molar-refractivity contribution is -0.124. The average molecular weight is 359 g/mol. The fourth-order valence-corrected chi connectivity index (χ4v) is 2.41. The summed E-state index contributed by atoms with van der Waals surface area (Å²) in [5, 5.41) is 2.76. The first-order chi connectivity index (χ1) is 12.5. The largest absolute Gasteiger partial charge is 0.497 e. The van der Waals surface area contributed by atoms with Gasteiger partial charge in [-0.2, -0.15) is 0 Å².